The molecule has 2 heterocycles. The van der Waals surface area contributed by atoms with Crippen molar-refractivity contribution < 1.29 is 32.7 Å². The Morgan fingerprint density at radius 3 is 2.51 bits per heavy atom. The van der Waals surface area contributed by atoms with Gasteiger partial charge in [-0.25, -0.2) is 9.18 Å². The molecule has 0 radical (unpaired) electrons. The van der Waals surface area contributed by atoms with Gasteiger partial charge < -0.3 is 33.7 Å². The van der Waals surface area contributed by atoms with Gasteiger partial charge >= 0.3 is 6.03 Å². The van der Waals surface area contributed by atoms with E-state index >= 15 is 0 Å². The van der Waals surface area contributed by atoms with E-state index in [1.54, 1.807) is 35.2 Å². The summed E-state index contributed by atoms with van der Waals surface area (Å²) in [6.07, 6.45) is 1.68. The zero-order chi connectivity index (χ0) is 24.8. The number of anilines is 1. The number of ether oxygens (including phenoxy) is 4. The summed E-state index contributed by atoms with van der Waals surface area (Å²) >= 11 is 0. The molecule has 0 spiro atoms. The molecule has 1 fully saturated rings. The van der Waals surface area contributed by atoms with Gasteiger partial charge in [0.1, 0.15) is 11.5 Å². The first-order chi connectivity index (χ1) is 17.0. The highest BCUT2D eigenvalue weighted by atomic mass is 19.1. The van der Waals surface area contributed by atoms with Crippen LogP contribution < -0.4 is 19.5 Å². The minimum absolute atomic E-state index is 0.0946. The molecule has 3 aromatic rings. The summed E-state index contributed by atoms with van der Waals surface area (Å²) in [4.78, 5) is 14.6. The Labute approximate surface area is 202 Å². The molecule has 0 bridgehead atoms. The molecule has 2 amide bonds. The second kappa shape index (κ2) is 11.1. The lowest BCUT2D eigenvalue weighted by Gasteiger charge is -2.25. The number of hydrogen-bond donors (Lipinski definition) is 1. The van der Waals surface area contributed by atoms with Crippen molar-refractivity contribution >= 4 is 11.7 Å². The minimum Gasteiger partial charge on any atom is -0.493 e. The quantitative estimate of drug-likeness (QED) is 0.469. The van der Waals surface area contributed by atoms with E-state index in [4.69, 9.17) is 23.5 Å². The molecule has 9 nitrogen and oxygen atoms in total. The third kappa shape index (κ3) is 5.65. The molecule has 0 aliphatic carbocycles. The van der Waals surface area contributed by atoms with Crippen molar-refractivity contribution in [3.8, 4) is 28.6 Å². The van der Waals surface area contributed by atoms with Crippen molar-refractivity contribution in [2.75, 3.05) is 39.8 Å². The van der Waals surface area contributed by atoms with Crippen LogP contribution in [0, 0.1) is 5.82 Å². The van der Waals surface area contributed by atoms with Crippen LogP contribution in [-0.2, 0) is 11.3 Å². The van der Waals surface area contributed by atoms with Gasteiger partial charge in [0.2, 0.25) is 5.75 Å². The summed E-state index contributed by atoms with van der Waals surface area (Å²) in [6, 6.07) is 10.8. The second-order valence-corrected chi connectivity index (χ2v) is 8.02. The summed E-state index contributed by atoms with van der Waals surface area (Å²) < 4.78 is 41.6. The highest BCUT2D eigenvalue weighted by Gasteiger charge is 2.25. The number of rotatable bonds is 9. The molecule has 186 valence electrons. The van der Waals surface area contributed by atoms with Gasteiger partial charge in [0.25, 0.3) is 0 Å². The molecule has 1 aromatic heterocycles. The third-order valence-electron chi connectivity index (χ3n) is 5.71. The van der Waals surface area contributed by atoms with E-state index in [0.717, 1.165) is 12.8 Å². The monoisotopic (exact) mass is 485 g/mol. The Hall–Kier alpha value is -3.79. The Morgan fingerprint density at radius 1 is 1.14 bits per heavy atom. The molecule has 4 rings (SSSR count). The molecule has 1 aliphatic rings. The predicted molar refractivity (Wildman–Crippen MR) is 126 cm³/mol. The maximum absolute atomic E-state index is 14.1. The Kier molecular flexibility index (Phi) is 7.71. The van der Waals surface area contributed by atoms with E-state index in [2.05, 4.69) is 10.5 Å². The lowest BCUT2D eigenvalue weighted by Crippen LogP contribution is -2.39. The van der Waals surface area contributed by atoms with Crippen molar-refractivity contribution in [3.05, 3.63) is 54.0 Å². The van der Waals surface area contributed by atoms with Crippen LogP contribution in [0.15, 0.2) is 47.0 Å². The fourth-order valence-electron chi connectivity index (χ4n) is 3.95. The lowest BCUT2D eigenvalue weighted by molar-refractivity contribution is 0.0814. The molecule has 1 atom stereocenters. The van der Waals surface area contributed by atoms with Crippen LogP contribution >= 0.6 is 0 Å². The average Bonchev–Trinajstić information content (AvgIpc) is 3.56. The molecule has 0 saturated carbocycles. The van der Waals surface area contributed by atoms with Crippen molar-refractivity contribution in [1.29, 1.82) is 0 Å². The largest absolute Gasteiger partial charge is 0.493 e. The van der Waals surface area contributed by atoms with Crippen LogP contribution in [0.3, 0.4) is 0 Å². The number of amides is 2. The topological polar surface area (TPSA) is 95.3 Å². The number of aromatic nitrogens is 1. The molecule has 2 aromatic carbocycles. The van der Waals surface area contributed by atoms with Gasteiger partial charge in [-0.3, -0.25) is 0 Å². The Bertz CT molecular complexity index is 1140. The highest BCUT2D eigenvalue weighted by Crippen LogP contribution is 2.41. The zero-order valence-electron chi connectivity index (χ0n) is 19.9. The van der Waals surface area contributed by atoms with E-state index in [1.165, 1.54) is 33.5 Å². The molecular formula is C25H28FN3O6. The molecular weight excluding hydrogens is 457 g/mol. The summed E-state index contributed by atoms with van der Waals surface area (Å²) in [5.41, 5.74) is 1.29. The fourth-order valence-corrected chi connectivity index (χ4v) is 3.95. The maximum Gasteiger partial charge on any atom is 0.322 e. The van der Waals surface area contributed by atoms with Gasteiger partial charge in [0.15, 0.2) is 17.3 Å². The number of carbonyl (C=O) groups is 1. The maximum atomic E-state index is 14.1. The first-order valence-corrected chi connectivity index (χ1v) is 11.2. The predicted octanol–water partition coefficient (Wildman–Crippen LogP) is 4.72. The van der Waals surface area contributed by atoms with E-state index in [9.17, 15) is 9.18 Å². The van der Waals surface area contributed by atoms with Crippen molar-refractivity contribution in [3.63, 3.8) is 0 Å². The number of nitrogens with zero attached hydrogens (tertiary/aromatic N) is 2. The van der Waals surface area contributed by atoms with Crippen LogP contribution in [0.5, 0.6) is 17.2 Å². The van der Waals surface area contributed by atoms with Crippen LogP contribution in [0.1, 0.15) is 18.5 Å². The SMILES string of the molecule is COc1cc(-c2cc(CN(CC3CCCO3)C(=O)Nc3ccccc3F)no2)cc(OC)c1OC. The summed E-state index contributed by atoms with van der Waals surface area (Å²) in [6.45, 7) is 1.14. The van der Waals surface area contributed by atoms with E-state index in [0.29, 0.717) is 47.4 Å². The number of nitrogens with one attached hydrogen (secondary N) is 1. The number of halogens is 1. The zero-order valence-corrected chi connectivity index (χ0v) is 19.9. The highest BCUT2D eigenvalue weighted by molar-refractivity contribution is 5.89. The number of para-hydroxylation sites is 1. The van der Waals surface area contributed by atoms with Crippen LogP contribution in [-0.4, -0.2) is 56.7 Å². The fraction of sp³-hybridized carbons (Fsp3) is 0.360. The second-order valence-electron chi connectivity index (χ2n) is 8.02. The van der Waals surface area contributed by atoms with Gasteiger partial charge in [0, 0.05) is 24.8 Å². The summed E-state index contributed by atoms with van der Waals surface area (Å²) in [5, 5.41) is 6.78. The molecule has 1 N–H and O–H groups in total. The van der Waals surface area contributed by atoms with Crippen molar-refractivity contribution in [2.24, 2.45) is 0 Å². The average molecular weight is 486 g/mol. The Morgan fingerprint density at radius 2 is 1.89 bits per heavy atom. The van der Waals surface area contributed by atoms with Gasteiger partial charge in [-0.15, -0.1) is 0 Å². The first kappa shape index (κ1) is 24.3. The summed E-state index contributed by atoms with van der Waals surface area (Å²) in [7, 11) is 4.59. The van der Waals surface area contributed by atoms with Gasteiger partial charge in [-0.2, -0.15) is 0 Å². The molecule has 1 saturated heterocycles. The van der Waals surface area contributed by atoms with E-state index < -0.39 is 11.8 Å². The van der Waals surface area contributed by atoms with E-state index in [-0.39, 0.29) is 18.3 Å². The van der Waals surface area contributed by atoms with Crippen LogP contribution in [0.4, 0.5) is 14.9 Å². The number of carbonyl (C=O) groups excluding carboxylic acids is 1. The molecule has 1 aliphatic heterocycles. The lowest BCUT2D eigenvalue weighted by atomic mass is 10.1. The standard InChI is InChI=1S/C25H28FN3O6/c1-31-22-11-16(12-23(32-2)24(22)33-3)21-13-17(28-35-21)14-29(15-18-7-6-10-34-18)25(30)27-20-9-5-4-8-19(20)26/h4-5,8-9,11-13,18H,6-7,10,14-15H2,1-3H3,(H,27,30). The third-order valence-corrected chi connectivity index (χ3v) is 5.71. The Balaban J connectivity index is 1.56. The van der Waals surface area contributed by atoms with Gasteiger partial charge in [-0.1, -0.05) is 17.3 Å². The minimum atomic E-state index is -0.510. The number of methoxy groups -OCH3 is 3. The first-order valence-electron chi connectivity index (χ1n) is 11.2. The summed E-state index contributed by atoms with van der Waals surface area (Å²) in [5.74, 6) is 1.37. The van der Waals surface area contributed by atoms with Crippen molar-refractivity contribution in [1.82, 2.24) is 10.1 Å². The number of benzene rings is 2. The smallest absolute Gasteiger partial charge is 0.322 e. The normalized spacial score (nSPS) is 15.0. The van der Waals surface area contributed by atoms with Crippen molar-refractivity contribution in [2.45, 2.75) is 25.5 Å². The van der Waals surface area contributed by atoms with Crippen LogP contribution in [0.2, 0.25) is 0 Å². The van der Waals surface area contributed by atoms with E-state index in [1.807, 2.05) is 0 Å². The molecule has 10 heteroatoms. The van der Waals surface area contributed by atoms with Crippen LogP contribution in [0.25, 0.3) is 11.3 Å². The molecule has 1 unspecified atom stereocenters. The number of urea groups is 1. The number of hydrogen-bond acceptors (Lipinski definition) is 7. The molecule has 35 heavy (non-hydrogen) atoms. The van der Waals surface area contributed by atoms with Gasteiger partial charge in [-0.05, 0) is 37.1 Å². The van der Waals surface area contributed by atoms with Gasteiger partial charge in [0.05, 0.1) is 39.7 Å².